The summed E-state index contributed by atoms with van der Waals surface area (Å²) in [5.41, 5.74) is 1.37. The highest BCUT2D eigenvalue weighted by Crippen LogP contribution is 2.34. The molecule has 1 aliphatic rings. The van der Waals surface area contributed by atoms with Gasteiger partial charge in [-0.2, -0.15) is 0 Å². The first-order valence-electron chi connectivity index (χ1n) is 7.94. The fraction of sp³-hybridized carbons (Fsp3) is 0.812. The van der Waals surface area contributed by atoms with Gasteiger partial charge in [0.2, 0.25) is 0 Å². The molecule has 1 N–H and O–H groups in total. The number of hydrogen-bond acceptors (Lipinski definition) is 5. The number of aromatic nitrogens is 1. The molecule has 0 saturated carbocycles. The van der Waals surface area contributed by atoms with Crippen molar-refractivity contribution in [3.63, 3.8) is 0 Å². The fourth-order valence-corrected chi connectivity index (χ4v) is 3.75. The molecule has 0 aromatic carbocycles. The highest BCUT2D eigenvalue weighted by molar-refractivity contribution is 7.15. The summed E-state index contributed by atoms with van der Waals surface area (Å²) in [7, 11) is 2.19. The minimum Gasteiger partial charge on any atom is -0.346 e. The zero-order valence-electron chi connectivity index (χ0n) is 14.4. The molecule has 120 valence electrons. The first-order valence-corrected chi connectivity index (χ1v) is 8.76. The van der Waals surface area contributed by atoms with Crippen molar-refractivity contribution in [2.45, 2.75) is 52.6 Å². The van der Waals surface area contributed by atoms with Crippen LogP contribution >= 0.6 is 11.3 Å². The molecular formula is C16H30N4S. The van der Waals surface area contributed by atoms with Gasteiger partial charge in [-0.3, -0.25) is 0 Å². The predicted octanol–water partition coefficient (Wildman–Crippen LogP) is 2.69. The quantitative estimate of drug-likeness (QED) is 0.926. The standard InChI is InChI=1S/C16H30N4S/c1-12(2)17-11-13-14(16(3,4)5)18-15(21-13)20-9-7-19(6)8-10-20/h12,17H,7-11H2,1-6H3. The Balaban J connectivity index is 2.19. The SMILES string of the molecule is CC(C)NCc1sc(N2CCN(C)CC2)nc1C(C)(C)C. The van der Waals surface area contributed by atoms with E-state index in [1.54, 1.807) is 0 Å². The third-order valence-electron chi connectivity index (χ3n) is 3.84. The number of thiazole rings is 1. The van der Waals surface area contributed by atoms with Crippen LogP contribution < -0.4 is 10.2 Å². The lowest BCUT2D eigenvalue weighted by atomic mass is 9.91. The number of nitrogens with zero attached hydrogens (tertiary/aromatic N) is 3. The van der Waals surface area contributed by atoms with Crippen LogP contribution in [-0.2, 0) is 12.0 Å². The topological polar surface area (TPSA) is 31.4 Å². The summed E-state index contributed by atoms with van der Waals surface area (Å²) in [5, 5.41) is 4.74. The van der Waals surface area contributed by atoms with Crippen LogP contribution in [0.4, 0.5) is 5.13 Å². The summed E-state index contributed by atoms with van der Waals surface area (Å²) in [6, 6.07) is 0.506. The van der Waals surface area contributed by atoms with E-state index in [1.165, 1.54) is 15.7 Å². The van der Waals surface area contributed by atoms with Crippen molar-refractivity contribution in [2.24, 2.45) is 0 Å². The lowest BCUT2D eigenvalue weighted by molar-refractivity contribution is 0.312. The van der Waals surface area contributed by atoms with Crippen LogP contribution in [0.2, 0.25) is 0 Å². The number of anilines is 1. The van der Waals surface area contributed by atoms with E-state index in [4.69, 9.17) is 4.98 Å². The maximum atomic E-state index is 4.99. The van der Waals surface area contributed by atoms with E-state index in [0.717, 1.165) is 32.7 Å². The second-order valence-corrected chi connectivity index (χ2v) is 8.41. The van der Waals surface area contributed by atoms with Gasteiger partial charge in [0.1, 0.15) is 0 Å². The van der Waals surface area contributed by atoms with Gasteiger partial charge in [0.25, 0.3) is 0 Å². The van der Waals surface area contributed by atoms with Crippen molar-refractivity contribution in [3.8, 4) is 0 Å². The predicted molar refractivity (Wildman–Crippen MR) is 92.5 cm³/mol. The summed E-state index contributed by atoms with van der Waals surface area (Å²) in [5.74, 6) is 0. The van der Waals surface area contributed by atoms with Crippen molar-refractivity contribution in [1.82, 2.24) is 15.2 Å². The molecule has 21 heavy (non-hydrogen) atoms. The average Bonchev–Trinajstić information content (AvgIpc) is 2.81. The van der Waals surface area contributed by atoms with Gasteiger partial charge < -0.3 is 15.1 Å². The molecule has 1 aromatic rings. The van der Waals surface area contributed by atoms with Crippen molar-refractivity contribution < 1.29 is 0 Å². The van der Waals surface area contributed by atoms with Crippen molar-refractivity contribution >= 4 is 16.5 Å². The molecule has 5 heteroatoms. The molecule has 0 bridgehead atoms. The van der Waals surface area contributed by atoms with Gasteiger partial charge in [0.15, 0.2) is 5.13 Å². The second kappa shape index (κ2) is 6.63. The number of likely N-dealkylation sites (N-methyl/N-ethyl adjacent to an activating group) is 1. The monoisotopic (exact) mass is 310 g/mol. The molecule has 0 atom stereocenters. The molecule has 2 heterocycles. The van der Waals surface area contributed by atoms with Gasteiger partial charge in [0, 0.05) is 49.1 Å². The van der Waals surface area contributed by atoms with E-state index >= 15 is 0 Å². The van der Waals surface area contributed by atoms with Crippen LogP contribution in [0.25, 0.3) is 0 Å². The van der Waals surface area contributed by atoms with E-state index in [-0.39, 0.29) is 5.41 Å². The van der Waals surface area contributed by atoms with E-state index in [9.17, 15) is 0 Å². The minimum absolute atomic E-state index is 0.106. The minimum atomic E-state index is 0.106. The lowest BCUT2D eigenvalue weighted by Gasteiger charge is -2.32. The van der Waals surface area contributed by atoms with Crippen molar-refractivity contribution in [3.05, 3.63) is 10.6 Å². The molecular weight excluding hydrogens is 280 g/mol. The average molecular weight is 311 g/mol. The van der Waals surface area contributed by atoms with Crippen LogP contribution in [0.5, 0.6) is 0 Å². The Morgan fingerprint density at radius 2 is 1.81 bits per heavy atom. The van der Waals surface area contributed by atoms with Gasteiger partial charge >= 0.3 is 0 Å². The molecule has 4 nitrogen and oxygen atoms in total. The van der Waals surface area contributed by atoms with E-state index in [1.807, 2.05) is 11.3 Å². The third-order valence-corrected chi connectivity index (χ3v) is 4.96. The van der Waals surface area contributed by atoms with E-state index in [2.05, 4.69) is 56.8 Å². The highest BCUT2D eigenvalue weighted by atomic mass is 32.1. The Bertz CT molecular complexity index is 453. The normalized spacial score (nSPS) is 17.8. The molecule has 0 aliphatic carbocycles. The Hall–Kier alpha value is -0.650. The van der Waals surface area contributed by atoms with E-state index < -0.39 is 0 Å². The molecule has 1 aliphatic heterocycles. The maximum Gasteiger partial charge on any atom is 0.185 e. The summed E-state index contributed by atoms with van der Waals surface area (Å²) in [6.45, 7) is 16.5. The van der Waals surface area contributed by atoms with Gasteiger partial charge in [-0.05, 0) is 7.05 Å². The molecule has 1 fully saturated rings. The van der Waals surface area contributed by atoms with Gasteiger partial charge in [-0.15, -0.1) is 11.3 Å². The Morgan fingerprint density at radius 3 is 2.33 bits per heavy atom. The smallest absolute Gasteiger partial charge is 0.185 e. The molecule has 0 spiro atoms. The van der Waals surface area contributed by atoms with Crippen LogP contribution in [0.1, 0.15) is 45.2 Å². The van der Waals surface area contributed by atoms with Gasteiger partial charge in [-0.1, -0.05) is 34.6 Å². The summed E-state index contributed by atoms with van der Waals surface area (Å²) in [4.78, 5) is 11.2. The number of rotatable bonds is 4. The van der Waals surface area contributed by atoms with Crippen LogP contribution in [0, 0.1) is 0 Å². The summed E-state index contributed by atoms with van der Waals surface area (Å²) < 4.78 is 0. The largest absolute Gasteiger partial charge is 0.346 e. The Kier molecular flexibility index (Phi) is 5.28. The fourth-order valence-electron chi connectivity index (χ4n) is 2.47. The maximum absolute atomic E-state index is 4.99. The van der Waals surface area contributed by atoms with Gasteiger partial charge in [-0.25, -0.2) is 4.98 Å². The Morgan fingerprint density at radius 1 is 1.19 bits per heavy atom. The zero-order valence-corrected chi connectivity index (χ0v) is 15.2. The van der Waals surface area contributed by atoms with Crippen LogP contribution in [-0.4, -0.2) is 49.2 Å². The lowest BCUT2D eigenvalue weighted by Crippen LogP contribution is -2.44. The molecule has 0 unspecified atom stereocenters. The highest BCUT2D eigenvalue weighted by Gasteiger charge is 2.26. The Labute approximate surface area is 133 Å². The molecule has 0 amide bonds. The number of hydrogen-bond donors (Lipinski definition) is 1. The molecule has 2 rings (SSSR count). The second-order valence-electron chi connectivity index (χ2n) is 7.34. The zero-order chi connectivity index (χ0) is 15.6. The first-order chi connectivity index (χ1) is 9.77. The van der Waals surface area contributed by atoms with Crippen LogP contribution in [0.3, 0.4) is 0 Å². The van der Waals surface area contributed by atoms with Crippen LogP contribution in [0.15, 0.2) is 0 Å². The summed E-state index contributed by atoms with van der Waals surface area (Å²) in [6.07, 6.45) is 0. The third kappa shape index (κ3) is 4.41. The molecule has 1 saturated heterocycles. The van der Waals surface area contributed by atoms with E-state index in [0.29, 0.717) is 6.04 Å². The van der Waals surface area contributed by atoms with Crippen molar-refractivity contribution in [1.29, 1.82) is 0 Å². The number of piperazine rings is 1. The number of nitrogens with one attached hydrogen (secondary N) is 1. The van der Waals surface area contributed by atoms with Crippen molar-refractivity contribution in [2.75, 3.05) is 38.1 Å². The molecule has 0 radical (unpaired) electrons. The van der Waals surface area contributed by atoms with Gasteiger partial charge in [0.05, 0.1) is 5.69 Å². The summed E-state index contributed by atoms with van der Waals surface area (Å²) >= 11 is 1.87. The molecule has 1 aromatic heterocycles. The first kappa shape index (κ1) is 16.7.